The molecule has 5 nitrogen and oxygen atoms in total. The van der Waals surface area contributed by atoms with Gasteiger partial charge in [0.15, 0.2) is 0 Å². The molecule has 1 amide bonds. The normalized spacial score (nSPS) is 20.2. The summed E-state index contributed by atoms with van der Waals surface area (Å²) in [6, 6.07) is 9.92. The number of benzene rings is 1. The van der Waals surface area contributed by atoms with Crippen molar-refractivity contribution in [2.75, 3.05) is 6.54 Å². The van der Waals surface area contributed by atoms with Crippen molar-refractivity contribution in [2.45, 2.75) is 26.3 Å². The molecule has 0 saturated carbocycles. The molecule has 2 heterocycles. The van der Waals surface area contributed by atoms with Crippen molar-refractivity contribution in [3.05, 3.63) is 59.0 Å². The van der Waals surface area contributed by atoms with E-state index >= 15 is 0 Å². The van der Waals surface area contributed by atoms with E-state index in [4.69, 9.17) is 9.52 Å². The van der Waals surface area contributed by atoms with E-state index in [1.54, 1.807) is 11.8 Å². The zero-order valence-electron chi connectivity index (χ0n) is 13.2. The predicted molar refractivity (Wildman–Crippen MR) is 84.2 cm³/mol. The Hall–Kier alpha value is -2.56. The molecular formula is C18H19NO4. The maximum absolute atomic E-state index is 12.9. The van der Waals surface area contributed by atoms with Gasteiger partial charge in [-0.3, -0.25) is 9.59 Å². The highest BCUT2D eigenvalue weighted by atomic mass is 16.4. The van der Waals surface area contributed by atoms with E-state index in [0.717, 1.165) is 5.56 Å². The molecule has 1 saturated heterocycles. The van der Waals surface area contributed by atoms with Crippen molar-refractivity contribution in [2.24, 2.45) is 5.92 Å². The van der Waals surface area contributed by atoms with Gasteiger partial charge in [-0.05, 0) is 18.4 Å². The van der Waals surface area contributed by atoms with Gasteiger partial charge in [0, 0.05) is 12.1 Å². The molecule has 1 aliphatic heterocycles. The fraction of sp³-hybridized carbons (Fsp3) is 0.333. The number of carbonyl (C=O) groups excluding carboxylic acids is 1. The minimum Gasteiger partial charge on any atom is -0.481 e. The van der Waals surface area contributed by atoms with Gasteiger partial charge in [0.2, 0.25) is 0 Å². The highest BCUT2D eigenvalue weighted by molar-refractivity contribution is 5.98. The summed E-state index contributed by atoms with van der Waals surface area (Å²) in [4.78, 5) is 25.7. The Balaban J connectivity index is 1.89. The molecule has 1 fully saturated rings. The maximum Gasteiger partial charge on any atom is 0.311 e. The molecule has 2 atom stereocenters. The van der Waals surface area contributed by atoms with E-state index in [0.29, 0.717) is 23.6 Å². The largest absolute Gasteiger partial charge is 0.481 e. The van der Waals surface area contributed by atoms with Crippen LogP contribution in [0.4, 0.5) is 0 Å². The van der Waals surface area contributed by atoms with Gasteiger partial charge in [0.25, 0.3) is 5.91 Å². The van der Waals surface area contributed by atoms with Crippen molar-refractivity contribution >= 4 is 11.9 Å². The molecule has 0 bridgehead atoms. The summed E-state index contributed by atoms with van der Waals surface area (Å²) in [5, 5.41) is 8.98. The van der Waals surface area contributed by atoms with Crippen LogP contribution in [0.1, 0.15) is 40.2 Å². The first-order chi connectivity index (χ1) is 11.0. The zero-order chi connectivity index (χ0) is 16.6. The number of carboxylic acid groups (broad SMARTS) is 1. The number of rotatable bonds is 4. The first-order valence-corrected chi connectivity index (χ1v) is 7.63. The molecule has 2 aromatic rings. The number of hydrogen-bond acceptors (Lipinski definition) is 3. The van der Waals surface area contributed by atoms with Gasteiger partial charge in [-0.15, -0.1) is 0 Å². The molecule has 1 aromatic carbocycles. The summed E-state index contributed by atoms with van der Waals surface area (Å²) in [5.74, 6) is -0.563. The van der Waals surface area contributed by atoms with Crippen molar-refractivity contribution in [1.82, 2.24) is 4.90 Å². The third kappa shape index (κ3) is 2.74. The van der Waals surface area contributed by atoms with Gasteiger partial charge in [-0.25, -0.2) is 0 Å². The van der Waals surface area contributed by atoms with Crippen LogP contribution in [0, 0.1) is 12.8 Å². The number of hydrogen-bond donors (Lipinski definition) is 1. The van der Waals surface area contributed by atoms with Crippen molar-refractivity contribution in [3.8, 4) is 0 Å². The number of nitrogens with zero attached hydrogens (tertiary/aromatic N) is 1. The van der Waals surface area contributed by atoms with E-state index in [-0.39, 0.29) is 24.1 Å². The van der Waals surface area contributed by atoms with Crippen LogP contribution in [0.2, 0.25) is 0 Å². The van der Waals surface area contributed by atoms with Crippen LogP contribution in [-0.2, 0) is 11.2 Å². The SMILES string of the molecule is Cc1coc(CC(=O)O)c1C(=O)N1CC(C)C1c1ccccc1. The van der Waals surface area contributed by atoms with Crippen molar-refractivity contribution in [1.29, 1.82) is 0 Å². The smallest absolute Gasteiger partial charge is 0.311 e. The molecule has 0 aliphatic carbocycles. The van der Waals surface area contributed by atoms with Crippen LogP contribution < -0.4 is 0 Å². The lowest BCUT2D eigenvalue weighted by Crippen LogP contribution is -2.51. The molecule has 23 heavy (non-hydrogen) atoms. The second-order valence-corrected chi connectivity index (χ2v) is 6.08. The van der Waals surface area contributed by atoms with Gasteiger partial charge in [-0.2, -0.15) is 0 Å². The minimum absolute atomic E-state index is 0.0238. The Morgan fingerprint density at radius 1 is 1.30 bits per heavy atom. The molecule has 120 valence electrons. The summed E-state index contributed by atoms with van der Waals surface area (Å²) in [7, 11) is 0. The van der Waals surface area contributed by atoms with E-state index in [1.165, 1.54) is 6.26 Å². The Kier molecular flexibility index (Phi) is 3.94. The fourth-order valence-electron chi connectivity index (χ4n) is 3.26. The van der Waals surface area contributed by atoms with Crippen LogP contribution in [-0.4, -0.2) is 28.4 Å². The highest BCUT2D eigenvalue weighted by Crippen LogP contribution is 2.40. The quantitative estimate of drug-likeness (QED) is 0.942. The van der Waals surface area contributed by atoms with Gasteiger partial charge < -0.3 is 14.4 Å². The van der Waals surface area contributed by atoms with Crippen LogP contribution in [0.15, 0.2) is 41.0 Å². The lowest BCUT2D eigenvalue weighted by Gasteiger charge is -2.47. The van der Waals surface area contributed by atoms with Gasteiger partial charge in [0.05, 0.1) is 17.9 Å². The van der Waals surface area contributed by atoms with Gasteiger partial charge >= 0.3 is 5.97 Å². The number of carboxylic acids is 1. The van der Waals surface area contributed by atoms with Crippen LogP contribution in [0.25, 0.3) is 0 Å². The van der Waals surface area contributed by atoms with Crippen molar-refractivity contribution in [3.63, 3.8) is 0 Å². The highest BCUT2D eigenvalue weighted by Gasteiger charge is 2.41. The second kappa shape index (κ2) is 5.91. The Morgan fingerprint density at radius 2 is 2.00 bits per heavy atom. The first kappa shape index (κ1) is 15.3. The van der Waals surface area contributed by atoms with E-state index in [2.05, 4.69) is 6.92 Å². The van der Waals surface area contributed by atoms with E-state index < -0.39 is 5.97 Å². The van der Waals surface area contributed by atoms with Crippen LogP contribution in [0.3, 0.4) is 0 Å². The lowest BCUT2D eigenvalue weighted by molar-refractivity contribution is -0.136. The molecule has 1 N–H and O–H groups in total. The van der Waals surface area contributed by atoms with E-state index in [9.17, 15) is 9.59 Å². The summed E-state index contributed by atoms with van der Waals surface area (Å²) in [5.41, 5.74) is 2.17. The predicted octanol–water partition coefficient (Wildman–Crippen LogP) is 3.05. The molecule has 1 aliphatic rings. The molecular weight excluding hydrogens is 294 g/mol. The molecule has 1 aromatic heterocycles. The molecule has 5 heteroatoms. The van der Waals surface area contributed by atoms with Crippen LogP contribution >= 0.6 is 0 Å². The number of amides is 1. The average molecular weight is 313 g/mol. The number of aliphatic carboxylic acids is 1. The Bertz CT molecular complexity index is 735. The topological polar surface area (TPSA) is 70.7 Å². The minimum atomic E-state index is -1.01. The third-order valence-electron chi connectivity index (χ3n) is 4.34. The third-order valence-corrected chi connectivity index (χ3v) is 4.34. The van der Waals surface area contributed by atoms with E-state index in [1.807, 2.05) is 30.3 Å². The summed E-state index contributed by atoms with van der Waals surface area (Å²) in [6.07, 6.45) is 1.17. The molecule has 3 rings (SSSR count). The van der Waals surface area contributed by atoms with Gasteiger partial charge in [0.1, 0.15) is 12.2 Å². The zero-order valence-corrected chi connectivity index (χ0v) is 13.2. The molecule has 2 unspecified atom stereocenters. The average Bonchev–Trinajstić information content (AvgIpc) is 2.85. The number of carbonyl (C=O) groups is 2. The number of furan rings is 1. The Labute approximate surface area is 134 Å². The van der Waals surface area contributed by atoms with Gasteiger partial charge in [-0.1, -0.05) is 37.3 Å². The number of aryl methyl sites for hydroxylation is 1. The first-order valence-electron chi connectivity index (χ1n) is 7.63. The van der Waals surface area contributed by atoms with Crippen molar-refractivity contribution < 1.29 is 19.1 Å². The maximum atomic E-state index is 12.9. The summed E-state index contributed by atoms with van der Waals surface area (Å²) >= 11 is 0. The summed E-state index contributed by atoms with van der Waals surface area (Å²) in [6.45, 7) is 4.54. The van der Waals surface area contributed by atoms with Crippen LogP contribution in [0.5, 0.6) is 0 Å². The summed E-state index contributed by atoms with van der Waals surface area (Å²) < 4.78 is 5.29. The lowest BCUT2D eigenvalue weighted by atomic mass is 9.84. The monoisotopic (exact) mass is 313 g/mol. The molecule has 0 radical (unpaired) electrons. The second-order valence-electron chi connectivity index (χ2n) is 6.08. The molecule has 0 spiro atoms. The fourth-order valence-corrected chi connectivity index (χ4v) is 3.26. The number of likely N-dealkylation sites (tertiary alicyclic amines) is 1. The Morgan fingerprint density at radius 3 is 2.61 bits per heavy atom. The standard InChI is InChI=1S/C18H19NO4/c1-11-9-19(17(11)13-6-4-3-5-7-13)18(22)16-12(2)10-23-14(16)8-15(20)21/h3-7,10-11,17H,8-9H2,1-2H3,(H,20,21).